The van der Waals surface area contributed by atoms with Crippen LogP contribution in [0.1, 0.15) is 79.1 Å². The Morgan fingerprint density at radius 3 is 1.66 bits per heavy atom. The molecule has 0 saturated heterocycles. The molecule has 1 N–H and O–H groups in total. The summed E-state index contributed by atoms with van der Waals surface area (Å²) in [5.41, 5.74) is 2.98. The van der Waals surface area contributed by atoms with E-state index in [-0.39, 0.29) is 49.7 Å². The van der Waals surface area contributed by atoms with Gasteiger partial charge in [-0.3, -0.25) is 19.1 Å². The summed E-state index contributed by atoms with van der Waals surface area (Å²) in [6, 6.07) is 29.8. The number of amides is 1. The van der Waals surface area contributed by atoms with E-state index >= 15 is 0 Å². The summed E-state index contributed by atoms with van der Waals surface area (Å²) in [5, 5.41) is 1.69. The molecule has 374 valence electrons. The number of nitrogens with one attached hydrogen (secondary N) is 1. The van der Waals surface area contributed by atoms with Crippen LogP contribution in [0.3, 0.4) is 0 Å². The van der Waals surface area contributed by atoms with E-state index in [2.05, 4.69) is 51.4 Å². The Bertz CT molecular complexity index is 2990. The molecule has 70 heavy (non-hydrogen) atoms. The molecular weight excluding hydrogens is 1050 g/mol. The first-order valence-electron chi connectivity index (χ1n) is 21.1. The highest BCUT2D eigenvalue weighted by Gasteiger charge is 2.28. The Labute approximate surface area is 429 Å². The van der Waals surface area contributed by atoms with Crippen molar-refractivity contribution in [1.29, 1.82) is 0 Å². The molecule has 0 aliphatic carbocycles. The fourth-order valence-electron chi connectivity index (χ4n) is 6.18. The number of pyridine rings is 2. The van der Waals surface area contributed by atoms with Crippen LogP contribution in [0.4, 0.5) is 11.4 Å². The number of benzene rings is 4. The molecule has 2 aromatic heterocycles. The normalized spacial score (nSPS) is 11.5. The van der Waals surface area contributed by atoms with Crippen molar-refractivity contribution in [1.82, 2.24) is 15.0 Å². The number of halogens is 3. The molecular formula is C50H56BrCl2N5O10S2. The average molecular weight is 1100 g/mol. The molecule has 20 heteroatoms. The number of methoxy groups -OCH3 is 3. The Kier molecular flexibility index (Phi) is 19.9. The van der Waals surface area contributed by atoms with Gasteiger partial charge in [0, 0.05) is 37.7 Å². The summed E-state index contributed by atoms with van der Waals surface area (Å²) < 4.78 is 71.4. The van der Waals surface area contributed by atoms with E-state index in [9.17, 15) is 26.4 Å². The number of sulfonamides is 2. The molecule has 0 unspecified atom stereocenters. The van der Waals surface area contributed by atoms with Crippen LogP contribution in [0.5, 0.6) is 11.5 Å². The third-order valence-corrected chi connectivity index (χ3v) is 14.3. The van der Waals surface area contributed by atoms with Gasteiger partial charge in [0.25, 0.3) is 26.0 Å². The molecule has 0 radical (unpaired) electrons. The molecule has 4 aromatic carbocycles. The number of nitrogens with zero attached hydrogens (tertiary/aromatic N) is 4. The van der Waals surface area contributed by atoms with Gasteiger partial charge in [0.05, 0.1) is 52.5 Å². The molecule has 0 spiro atoms. The first-order chi connectivity index (χ1) is 32.8. The average Bonchev–Trinajstić information content (AvgIpc) is 3.33. The molecule has 15 nitrogen and oxygen atoms in total. The number of anilines is 2. The topological polar surface area (TPSA) is 184 Å². The Morgan fingerprint density at radius 1 is 0.671 bits per heavy atom. The standard InChI is InChI=1S/C23H23ClN2O4S.C17H20BrClN2O3S.C10H13NO3/c1-23(2,3)16-8-10-19(11-9-16)31(28,29)26-20-13-17(24)14-25-21(20)22(27)15-6-5-7-18(12-15)30-4;1-17(2,3)12-5-7-14(8-6-12)25(22,23)21(11-24-4)15-9-13(19)10-20-16(15)18;1-11(14-3)10(12)8-5-4-6-9(7-8)13-2/h5-14,26H,1-4H3;5-10H,11H2,1-4H3;4-7H,1-3H3. The van der Waals surface area contributed by atoms with E-state index in [0.29, 0.717) is 37.9 Å². The molecule has 0 saturated carbocycles. The van der Waals surface area contributed by atoms with Gasteiger partial charge in [0.1, 0.15) is 28.5 Å². The molecule has 6 aromatic rings. The van der Waals surface area contributed by atoms with Crippen LogP contribution in [0.15, 0.2) is 136 Å². The smallest absolute Gasteiger partial charge is 0.277 e. The third kappa shape index (κ3) is 15.2. The van der Waals surface area contributed by atoms with Gasteiger partial charge in [-0.2, -0.15) is 0 Å². The lowest BCUT2D eigenvalue weighted by Gasteiger charge is -2.25. The summed E-state index contributed by atoms with van der Waals surface area (Å²) in [4.78, 5) is 37.8. The highest BCUT2D eigenvalue weighted by Crippen LogP contribution is 2.33. The van der Waals surface area contributed by atoms with Crippen LogP contribution in [0.25, 0.3) is 0 Å². The predicted octanol–water partition coefficient (Wildman–Crippen LogP) is 11.0. The molecule has 1 amide bonds. The molecule has 0 aliphatic rings. The van der Waals surface area contributed by atoms with E-state index in [0.717, 1.165) is 20.5 Å². The van der Waals surface area contributed by atoms with Gasteiger partial charge in [-0.1, -0.05) is 107 Å². The molecule has 0 aliphatic heterocycles. The first kappa shape index (κ1) is 57.0. The minimum absolute atomic E-state index is 0.000202. The predicted molar refractivity (Wildman–Crippen MR) is 277 cm³/mol. The molecule has 0 fully saturated rings. The van der Waals surface area contributed by atoms with Gasteiger partial charge >= 0.3 is 0 Å². The van der Waals surface area contributed by atoms with Crippen molar-refractivity contribution in [3.8, 4) is 11.5 Å². The largest absolute Gasteiger partial charge is 0.497 e. The van der Waals surface area contributed by atoms with Crippen LogP contribution in [0, 0.1) is 0 Å². The number of hydrogen-bond donors (Lipinski definition) is 1. The van der Waals surface area contributed by atoms with E-state index in [1.807, 2.05) is 32.9 Å². The number of ketones is 1. The third-order valence-electron chi connectivity index (χ3n) is 10.2. The number of hydroxylamine groups is 2. The maximum Gasteiger partial charge on any atom is 0.277 e. The van der Waals surface area contributed by atoms with Crippen LogP contribution in [-0.4, -0.2) is 85.8 Å². The zero-order chi connectivity index (χ0) is 52.2. The summed E-state index contributed by atoms with van der Waals surface area (Å²) in [7, 11) is -0.326. The minimum atomic E-state index is -3.97. The zero-order valence-electron chi connectivity index (χ0n) is 40.6. The lowest BCUT2D eigenvalue weighted by molar-refractivity contribution is -0.0757. The van der Waals surface area contributed by atoms with Crippen molar-refractivity contribution in [2.24, 2.45) is 0 Å². The first-order valence-corrected chi connectivity index (χ1v) is 25.6. The van der Waals surface area contributed by atoms with Crippen molar-refractivity contribution < 1.29 is 45.5 Å². The second-order valence-corrected chi connectivity index (χ2v) is 22.4. The summed E-state index contributed by atoms with van der Waals surface area (Å²) in [6.45, 7) is 12.2. The van der Waals surface area contributed by atoms with Crippen LogP contribution < -0.4 is 18.5 Å². The van der Waals surface area contributed by atoms with Crippen LogP contribution in [0.2, 0.25) is 10.0 Å². The van der Waals surface area contributed by atoms with Crippen molar-refractivity contribution in [2.75, 3.05) is 51.2 Å². The Balaban J connectivity index is 0.000000244. The Morgan fingerprint density at radius 2 is 1.16 bits per heavy atom. The van der Waals surface area contributed by atoms with Gasteiger partial charge in [-0.15, -0.1) is 0 Å². The van der Waals surface area contributed by atoms with Gasteiger partial charge in [-0.05, 0) is 105 Å². The highest BCUT2D eigenvalue weighted by atomic mass is 79.9. The Hall–Kier alpha value is -5.60. The van der Waals surface area contributed by atoms with E-state index in [1.165, 1.54) is 58.0 Å². The van der Waals surface area contributed by atoms with E-state index in [4.69, 9.17) is 42.3 Å². The van der Waals surface area contributed by atoms with Gasteiger partial charge < -0.3 is 14.2 Å². The summed E-state index contributed by atoms with van der Waals surface area (Å²) in [6.07, 6.45) is 2.73. The number of hydrogen-bond acceptors (Lipinski definition) is 12. The van der Waals surface area contributed by atoms with Gasteiger partial charge in [0.2, 0.25) is 5.78 Å². The van der Waals surface area contributed by atoms with Crippen molar-refractivity contribution in [3.05, 3.63) is 164 Å². The number of carbonyl (C=O) groups excluding carboxylic acids is 2. The summed E-state index contributed by atoms with van der Waals surface area (Å²) in [5.74, 6) is 0.490. The highest BCUT2D eigenvalue weighted by molar-refractivity contribution is 9.10. The van der Waals surface area contributed by atoms with E-state index < -0.39 is 25.8 Å². The van der Waals surface area contributed by atoms with Crippen molar-refractivity contribution in [2.45, 2.75) is 62.2 Å². The van der Waals surface area contributed by atoms with Crippen molar-refractivity contribution in [3.63, 3.8) is 0 Å². The maximum absolute atomic E-state index is 13.1. The van der Waals surface area contributed by atoms with Gasteiger partial charge in [0.15, 0.2) is 0 Å². The second kappa shape index (κ2) is 24.5. The SMILES string of the molecule is COCN(c1cc(Cl)cnc1Br)S(=O)(=O)c1ccc(C(C)(C)C)cc1.COc1cccc(C(=O)N(C)OC)c1.COc1cccc(C(=O)c2ncc(Cl)cc2NS(=O)(=O)c2ccc(C(C)(C)C)cc2)c1. The maximum atomic E-state index is 13.1. The fourth-order valence-corrected chi connectivity index (χ4v) is 9.48. The lowest BCUT2D eigenvalue weighted by atomic mass is 9.87. The molecule has 0 bridgehead atoms. The number of rotatable bonds is 14. The number of carbonyl (C=O) groups is 2. The van der Waals surface area contributed by atoms with Gasteiger partial charge in [-0.25, -0.2) is 36.2 Å². The fraction of sp³-hybridized carbons (Fsp3) is 0.280. The molecule has 6 rings (SSSR count). The molecule has 2 heterocycles. The molecule has 0 atom stereocenters. The van der Waals surface area contributed by atoms with Crippen LogP contribution >= 0.6 is 39.1 Å². The lowest BCUT2D eigenvalue weighted by Crippen LogP contribution is -2.33. The van der Waals surface area contributed by atoms with Crippen molar-refractivity contribution >= 4 is 82.2 Å². The minimum Gasteiger partial charge on any atom is -0.497 e. The van der Waals surface area contributed by atoms with Crippen LogP contribution in [-0.2, 0) is 40.5 Å². The monoisotopic (exact) mass is 1100 g/mol. The number of ether oxygens (including phenoxy) is 3. The second-order valence-electron chi connectivity index (χ2n) is 17.2. The van der Waals surface area contributed by atoms with E-state index in [1.54, 1.807) is 87.0 Å². The quantitative estimate of drug-likeness (QED) is 0.0472. The number of aromatic nitrogens is 2. The summed E-state index contributed by atoms with van der Waals surface area (Å²) >= 11 is 15.3. The zero-order valence-corrected chi connectivity index (χ0v) is 45.3.